The van der Waals surface area contributed by atoms with Gasteiger partial charge in [-0.25, -0.2) is 0 Å². The molecule has 0 unspecified atom stereocenters. The molecule has 2 rings (SSSR count). The van der Waals surface area contributed by atoms with Crippen molar-refractivity contribution in [2.24, 2.45) is 5.16 Å². The molecule has 0 heterocycles. The van der Waals surface area contributed by atoms with Gasteiger partial charge in [0, 0.05) is 5.02 Å². The van der Waals surface area contributed by atoms with E-state index in [1.165, 1.54) is 5.56 Å². The molecule has 0 N–H and O–H groups in total. The Hall–Kier alpha value is -1.80. The molecule has 3 heteroatoms. The monoisotopic (exact) mass is 273 g/mol. The molecule has 0 aliphatic carbocycles. The maximum Gasteiger partial charge on any atom is 0.142 e. The molecule has 0 saturated heterocycles. The van der Waals surface area contributed by atoms with Gasteiger partial charge in [-0.1, -0.05) is 60.1 Å². The Morgan fingerprint density at radius 3 is 2.26 bits per heavy atom. The van der Waals surface area contributed by atoms with Crippen LogP contribution in [0.25, 0.3) is 0 Å². The molecule has 19 heavy (non-hydrogen) atoms. The first-order valence-corrected chi connectivity index (χ1v) is 6.64. The highest BCUT2D eigenvalue weighted by Crippen LogP contribution is 2.09. The van der Waals surface area contributed by atoms with Crippen molar-refractivity contribution in [3.8, 4) is 0 Å². The molecule has 0 bridgehead atoms. The van der Waals surface area contributed by atoms with Crippen LogP contribution in [0.3, 0.4) is 0 Å². The van der Waals surface area contributed by atoms with E-state index in [0.29, 0.717) is 11.6 Å². The lowest BCUT2D eigenvalue weighted by atomic mass is 10.1. The van der Waals surface area contributed by atoms with Gasteiger partial charge >= 0.3 is 0 Å². The van der Waals surface area contributed by atoms with Crippen molar-refractivity contribution in [3.63, 3.8) is 0 Å². The SMILES string of the molecule is CCc1ccc(CON=Cc2ccc(Cl)cc2)cc1. The third-order valence-electron chi connectivity index (χ3n) is 2.81. The van der Waals surface area contributed by atoms with Gasteiger partial charge in [0.05, 0.1) is 6.21 Å². The standard InChI is InChI=1S/C16H16ClNO/c1-2-13-3-5-15(6-4-13)12-19-18-11-14-7-9-16(17)10-8-14/h3-11H,2,12H2,1H3. The van der Waals surface area contributed by atoms with Gasteiger partial charge < -0.3 is 4.84 Å². The second-order valence-electron chi connectivity index (χ2n) is 4.23. The highest BCUT2D eigenvalue weighted by atomic mass is 35.5. The quantitative estimate of drug-likeness (QED) is 0.582. The molecule has 0 radical (unpaired) electrons. The summed E-state index contributed by atoms with van der Waals surface area (Å²) in [5.41, 5.74) is 3.41. The summed E-state index contributed by atoms with van der Waals surface area (Å²) in [6.45, 7) is 2.62. The predicted molar refractivity (Wildman–Crippen MR) is 79.7 cm³/mol. The Morgan fingerprint density at radius 1 is 1.00 bits per heavy atom. The summed E-state index contributed by atoms with van der Waals surface area (Å²) >= 11 is 5.80. The van der Waals surface area contributed by atoms with Crippen LogP contribution in [0.15, 0.2) is 53.7 Å². The Bertz CT molecular complexity index is 532. The number of oxime groups is 1. The minimum absolute atomic E-state index is 0.480. The lowest BCUT2D eigenvalue weighted by Gasteiger charge is -2.01. The highest BCUT2D eigenvalue weighted by Gasteiger charge is 1.93. The van der Waals surface area contributed by atoms with E-state index in [2.05, 4.69) is 36.3 Å². The van der Waals surface area contributed by atoms with Crippen molar-refractivity contribution in [2.75, 3.05) is 0 Å². The van der Waals surface area contributed by atoms with Crippen molar-refractivity contribution < 1.29 is 4.84 Å². The van der Waals surface area contributed by atoms with Crippen molar-refractivity contribution in [3.05, 3.63) is 70.2 Å². The summed E-state index contributed by atoms with van der Waals surface area (Å²) in [5, 5.41) is 4.66. The zero-order valence-electron chi connectivity index (χ0n) is 10.8. The van der Waals surface area contributed by atoms with Crippen LogP contribution in [0.5, 0.6) is 0 Å². The third kappa shape index (κ3) is 4.42. The second kappa shape index (κ2) is 6.95. The van der Waals surface area contributed by atoms with Crippen molar-refractivity contribution in [2.45, 2.75) is 20.0 Å². The van der Waals surface area contributed by atoms with E-state index in [4.69, 9.17) is 16.4 Å². The van der Waals surface area contributed by atoms with Crippen LogP contribution < -0.4 is 0 Å². The predicted octanol–water partition coefficient (Wildman–Crippen LogP) is 4.45. The van der Waals surface area contributed by atoms with Crippen molar-refractivity contribution in [1.29, 1.82) is 0 Å². The zero-order valence-corrected chi connectivity index (χ0v) is 11.6. The van der Waals surface area contributed by atoms with Crippen LogP contribution in [0.1, 0.15) is 23.6 Å². The summed E-state index contributed by atoms with van der Waals surface area (Å²) in [7, 11) is 0. The fraction of sp³-hybridized carbons (Fsp3) is 0.188. The van der Waals surface area contributed by atoms with Crippen LogP contribution in [-0.2, 0) is 17.9 Å². The van der Waals surface area contributed by atoms with Gasteiger partial charge in [-0.2, -0.15) is 0 Å². The lowest BCUT2D eigenvalue weighted by Crippen LogP contribution is -1.89. The Balaban J connectivity index is 1.83. The molecule has 0 aromatic heterocycles. The van der Waals surface area contributed by atoms with E-state index in [1.54, 1.807) is 6.21 Å². The molecule has 0 amide bonds. The molecular formula is C16H16ClNO. The lowest BCUT2D eigenvalue weighted by molar-refractivity contribution is 0.132. The Morgan fingerprint density at radius 2 is 1.63 bits per heavy atom. The summed E-state index contributed by atoms with van der Waals surface area (Å²) in [4.78, 5) is 5.26. The van der Waals surface area contributed by atoms with Crippen LogP contribution in [0.2, 0.25) is 5.02 Å². The number of benzene rings is 2. The molecule has 0 fully saturated rings. The van der Waals surface area contributed by atoms with Gasteiger partial charge in [0.2, 0.25) is 0 Å². The third-order valence-corrected chi connectivity index (χ3v) is 3.06. The molecule has 2 aromatic rings. The topological polar surface area (TPSA) is 21.6 Å². The van der Waals surface area contributed by atoms with Crippen molar-refractivity contribution in [1.82, 2.24) is 0 Å². The average Bonchev–Trinajstić information content (AvgIpc) is 2.46. The van der Waals surface area contributed by atoms with Gasteiger partial charge in [-0.3, -0.25) is 0 Å². The van der Waals surface area contributed by atoms with E-state index in [0.717, 1.165) is 17.5 Å². The molecule has 0 saturated carbocycles. The van der Waals surface area contributed by atoms with Gasteiger partial charge in [-0.05, 0) is 35.2 Å². The fourth-order valence-corrected chi connectivity index (χ4v) is 1.76. The first-order valence-electron chi connectivity index (χ1n) is 6.26. The van der Waals surface area contributed by atoms with E-state index < -0.39 is 0 Å². The van der Waals surface area contributed by atoms with E-state index >= 15 is 0 Å². The van der Waals surface area contributed by atoms with E-state index in [1.807, 2.05) is 24.3 Å². The molecule has 0 aliphatic rings. The number of aryl methyl sites for hydroxylation is 1. The minimum Gasteiger partial charge on any atom is -0.391 e. The fourth-order valence-electron chi connectivity index (χ4n) is 1.63. The van der Waals surface area contributed by atoms with Crippen LogP contribution >= 0.6 is 11.6 Å². The van der Waals surface area contributed by atoms with Crippen molar-refractivity contribution >= 4 is 17.8 Å². The summed E-state index contributed by atoms with van der Waals surface area (Å²) < 4.78 is 0. The molecule has 98 valence electrons. The smallest absolute Gasteiger partial charge is 0.142 e. The average molecular weight is 274 g/mol. The maximum absolute atomic E-state index is 5.80. The van der Waals surface area contributed by atoms with Crippen LogP contribution in [0, 0.1) is 0 Å². The largest absolute Gasteiger partial charge is 0.391 e. The summed E-state index contributed by atoms with van der Waals surface area (Å²) in [6.07, 6.45) is 2.73. The Kier molecular flexibility index (Phi) is 4.99. The van der Waals surface area contributed by atoms with Crippen LogP contribution in [-0.4, -0.2) is 6.21 Å². The summed E-state index contributed by atoms with van der Waals surface area (Å²) in [5.74, 6) is 0. The highest BCUT2D eigenvalue weighted by molar-refractivity contribution is 6.30. The number of halogens is 1. The second-order valence-corrected chi connectivity index (χ2v) is 4.67. The normalized spacial score (nSPS) is 10.8. The van der Waals surface area contributed by atoms with E-state index in [-0.39, 0.29) is 0 Å². The van der Waals surface area contributed by atoms with Gasteiger partial charge in [0.25, 0.3) is 0 Å². The van der Waals surface area contributed by atoms with Gasteiger partial charge in [0.1, 0.15) is 6.61 Å². The zero-order chi connectivity index (χ0) is 13.5. The van der Waals surface area contributed by atoms with E-state index in [9.17, 15) is 0 Å². The van der Waals surface area contributed by atoms with Gasteiger partial charge in [0.15, 0.2) is 0 Å². The van der Waals surface area contributed by atoms with Crippen LogP contribution in [0.4, 0.5) is 0 Å². The molecule has 2 aromatic carbocycles. The molecule has 0 spiro atoms. The molecule has 0 atom stereocenters. The first kappa shape index (κ1) is 13.6. The number of nitrogens with zero attached hydrogens (tertiary/aromatic N) is 1. The van der Waals surface area contributed by atoms with Gasteiger partial charge in [-0.15, -0.1) is 0 Å². The molecular weight excluding hydrogens is 258 g/mol. The Labute approximate surface area is 118 Å². The number of hydrogen-bond acceptors (Lipinski definition) is 2. The number of hydrogen-bond donors (Lipinski definition) is 0. The minimum atomic E-state index is 0.480. The molecule has 0 aliphatic heterocycles. The molecule has 2 nitrogen and oxygen atoms in total. The summed E-state index contributed by atoms with van der Waals surface area (Å²) in [6, 6.07) is 15.8. The first-order chi connectivity index (χ1) is 9.28. The number of rotatable bonds is 5. The maximum atomic E-state index is 5.80.